The van der Waals surface area contributed by atoms with Crippen molar-refractivity contribution >= 4 is 17.7 Å². The lowest BCUT2D eigenvalue weighted by Crippen LogP contribution is -2.37. The lowest BCUT2D eigenvalue weighted by atomic mass is 9.79. The molecule has 1 heterocycles. The van der Waals surface area contributed by atoms with E-state index in [0.717, 1.165) is 11.1 Å². The second-order valence-corrected chi connectivity index (χ2v) is 6.54. The predicted octanol–water partition coefficient (Wildman–Crippen LogP) is 1.96. The molecule has 0 radical (unpaired) electrons. The third kappa shape index (κ3) is 2.11. The molecular weight excluding hydrogens is 284 g/mol. The van der Waals surface area contributed by atoms with Crippen LogP contribution in [0.1, 0.15) is 34.1 Å². The molecule has 0 aromatic heterocycles. The van der Waals surface area contributed by atoms with Crippen molar-refractivity contribution in [3.8, 4) is 0 Å². The van der Waals surface area contributed by atoms with E-state index in [2.05, 4.69) is 0 Å². The molecule has 0 amide bonds. The van der Waals surface area contributed by atoms with Crippen molar-refractivity contribution in [1.29, 1.82) is 0 Å². The standard InChI is InChI=1S/C17H20O5/c1-7-5-11(19)13-8(2)6-12(21-10(4)18)15-9(3)17(20)22-16(15)14(7)13/h5,9,12,14-16H,6H2,1-4H3/t9-,12-,14-,15+,16+/m0/s1. The molecule has 1 fully saturated rings. The molecule has 3 aliphatic rings. The van der Waals surface area contributed by atoms with Gasteiger partial charge in [-0.1, -0.05) is 18.1 Å². The van der Waals surface area contributed by atoms with Crippen molar-refractivity contribution in [1.82, 2.24) is 0 Å². The number of ether oxygens (including phenoxy) is 2. The topological polar surface area (TPSA) is 69.7 Å². The Balaban J connectivity index is 2.08. The first-order valence-corrected chi connectivity index (χ1v) is 7.61. The number of rotatable bonds is 1. The summed E-state index contributed by atoms with van der Waals surface area (Å²) in [5.41, 5.74) is 2.55. The first-order valence-electron chi connectivity index (χ1n) is 7.61. The fraction of sp³-hybridized carbons (Fsp3) is 0.588. The Morgan fingerprint density at radius 2 is 2.00 bits per heavy atom. The normalized spacial score (nSPS) is 37.3. The number of esters is 2. The average molecular weight is 304 g/mol. The molecule has 5 heteroatoms. The number of ketones is 1. The van der Waals surface area contributed by atoms with Gasteiger partial charge in [0, 0.05) is 30.8 Å². The SMILES string of the molecule is CC(=O)O[C@H]1CC(C)=C2C(=O)C=C(C)[C@@H]2[C@H]2OC(=O)[C@@H](C)[C@@H]21. The summed E-state index contributed by atoms with van der Waals surface area (Å²) >= 11 is 0. The third-order valence-electron chi connectivity index (χ3n) is 5.05. The molecule has 22 heavy (non-hydrogen) atoms. The van der Waals surface area contributed by atoms with Crippen LogP contribution in [0, 0.1) is 17.8 Å². The van der Waals surface area contributed by atoms with E-state index in [1.54, 1.807) is 13.0 Å². The summed E-state index contributed by atoms with van der Waals surface area (Å²) in [5, 5.41) is 0. The van der Waals surface area contributed by atoms with Gasteiger partial charge in [0.15, 0.2) is 5.78 Å². The van der Waals surface area contributed by atoms with E-state index in [1.165, 1.54) is 6.92 Å². The molecule has 1 saturated heterocycles. The van der Waals surface area contributed by atoms with E-state index < -0.39 is 12.2 Å². The summed E-state index contributed by atoms with van der Waals surface area (Å²) in [6, 6.07) is 0. The van der Waals surface area contributed by atoms with Crippen LogP contribution in [0.15, 0.2) is 22.8 Å². The minimum Gasteiger partial charge on any atom is -0.462 e. The van der Waals surface area contributed by atoms with E-state index in [9.17, 15) is 14.4 Å². The van der Waals surface area contributed by atoms with Crippen molar-refractivity contribution < 1.29 is 23.9 Å². The van der Waals surface area contributed by atoms with Gasteiger partial charge in [0.2, 0.25) is 0 Å². The van der Waals surface area contributed by atoms with Gasteiger partial charge in [0.25, 0.3) is 0 Å². The predicted molar refractivity (Wildman–Crippen MR) is 77.7 cm³/mol. The molecule has 2 aliphatic carbocycles. The van der Waals surface area contributed by atoms with Crippen LogP contribution < -0.4 is 0 Å². The Morgan fingerprint density at radius 1 is 1.32 bits per heavy atom. The van der Waals surface area contributed by atoms with Crippen LogP contribution in [0.5, 0.6) is 0 Å². The van der Waals surface area contributed by atoms with Gasteiger partial charge in [-0.25, -0.2) is 0 Å². The summed E-state index contributed by atoms with van der Waals surface area (Å²) in [6.07, 6.45) is 1.24. The molecule has 0 N–H and O–H groups in total. The lowest BCUT2D eigenvalue weighted by Gasteiger charge is -2.29. The highest BCUT2D eigenvalue weighted by Crippen LogP contribution is 2.48. The van der Waals surface area contributed by atoms with Crippen molar-refractivity contribution in [3.63, 3.8) is 0 Å². The highest BCUT2D eigenvalue weighted by molar-refractivity contribution is 6.09. The van der Waals surface area contributed by atoms with Gasteiger partial charge in [-0.2, -0.15) is 0 Å². The zero-order valence-electron chi connectivity index (χ0n) is 13.2. The molecule has 0 spiro atoms. The molecule has 0 bridgehead atoms. The maximum atomic E-state index is 12.3. The molecule has 0 unspecified atom stereocenters. The van der Waals surface area contributed by atoms with E-state index in [4.69, 9.17) is 9.47 Å². The summed E-state index contributed by atoms with van der Waals surface area (Å²) in [7, 11) is 0. The van der Waals surface area contributed by atoms with Crippen molar-refractivity contribution in [2.45, 2.75) is 46.3 Å². The molecular formula is C17H20O5. The second-order valence-electron chi connectivity index (χ2n) is 6.54. The quantitative estimate of drug-likeness (QED) is 0.693. The summed E-state index contributed by atoms with van der Waals surface area (Å²) < 4.78 is 11.1. The van der Waals surface area contributed by atoms with Gasteiger partial charge in [0.1, 0.15) is 12.2 Å². The van der Waals surface area contributed by atoms with Crippen LogP contribution in [0.25, 0.3) is 0 Å². The van der Waals surface area contributed by atoms with Gasteiger partial charge < -0.3 is 9.47 Å². The average Bonchev–Trinajstić information content (AvgIpc) is 2.81. The zero-order valence-corrected chi connectivity index (χ0v) is 13.2. The number of hydrogen-bond donors (Lipinski definition) is 0. The minimum absolute atomic E-state index is 0.0159. The Hall–Kier alpha value is -1.91. The molecule has 1 aliphatic heterocycles. The number of carbonyl (C=O) groups excluding carboxylic acids is 3. The van der Waals surface area contributed by atoms with Gasteiger partial charge in [-0.15, -0.1) is 0 Å². The molecule has 118 valence electrons. The first-order chi connectivity index (χ1) is 10.3. The van der Waals surface area contributed by atoms with E-state index in [-0.39, 0.29) is 35.5 Å². The van der Waals surface area contributed by atoms with Gasteiger partial charge in [-0.3, -0.25) is 14.4 Å². The Labute approximate surface area is 129 Å². The number of carbonyl (C=O) groups is 3. The molecule has 0 aromatic carbocycles. The monoisotopic (exact) mass is 304 g/mol. The maximum Gasteiger partial charge on any atom is 0.309 e. The Morgan fingerprint density at radius 3 is 2.64 bits per heavy atom. The van der Waals surface area contributed by atoms with Crippen LogP contribution >= 0.6 is 0 Å². The minimum atomic E-state index is -0.429. The van der Waals surface area contributed by atoms with Crippen molar-refractivity contribution in [2.24, 2.45) is 17.8 Å². The van der Waals surface area contributed by atoms with E-state index in [1.807, 2.05) is 13.8 Å². The number of allylic oxidation sites excluding steroid dienone is 1. The van der Waals surface area contributed by atoms with Crippen LogP contribution in [-0.2, 0) is 23.9 Å². The van der Waals surface area contributed by atoms with Gasteiger partial charge >= 0.3 is 11.9 Å². The van der Waals surface area contributed by atoms with Crippen LogP contribution in [0.2, 0.25) is 0 Å². The largest absolute Gasteiger partial charge is 0.462 e. The maximum absolute atomic E-state index is 12.3. The van der Waals surface area contributed by atoms with Crippen molar-refractivity contribution in [3.05, 3.63) is 22.8 Å². The van der Waals surface area contributed by atoms with Crippen molar-refractivity contribution in [2.75, 3.05) is 0 Å². The fourth-order valence-corrected chi connectivity index (χ4v) is 4.12. The molecule has 0 saturated carbocycles. The number of hydrogen-bond acceptors (Lipinski definition) is 5. The zero-order chi connectivity index (χ0) is 16.2. The van der Waals surface area contributed by atoms with Crippen LogP contribution in [-0.4, -0.2) is 29.9 Å². The molecule has 0 aromatic rings. The van der Waals surface area contributed by atoms with Gasteiger partial charge in [-0.05, 0) is 19.9 Å². The van der Waals surface area contributed by atoms with E-state index in [0.29, 0.717) is 12.0 Å². The smallest absolute Gasteiger partial charge is 0.309 e. The fourth-order valence-electron chi connectivity index (χ4n) is 4.12. The van der Waals surface area contributed by atoms with Crippen LogP contribution in [0.3, 0.4) is 0 Å². The first kappa shape index (κ1) is 15.0. The number of fused-ring (bicyclic) bond motifs is 3. The highest BCUT2D eigenvalue weighted by atomic mass is 16.6. The Bertz CT molecular complexity index is 627. The highest BCUT2D eigenvalue weighted by Gasteiger charge is 2.55. The summed E-state index contributed by atoms with van der Waals surface area (Å²) in [4.78, 5) is 35.8. The van der Waals surface area contributed by atoms with E-state index >= 15 is 0 Å². The Kier molecular flexibility index (Phi) is 3.46. The third-order valence-corrected chi connectivity index (χ3v) is 5.05. The van der Waals surface area contributed by atoms with Crippen LogP contribution in [0.4, 0.5) is 0 Å². The molecule has 3 rings (SSSR count). The van der Waals surface area contributed by atoms with Gasteiger partial charge in [0.05, 0.1) is 5.92 Å². The lowest BCUT2D eigenvalue weighted by molar-refractivity contribution is -0.150. The molecule has 5 nitrogen and oxygen atoms in total. The second kappa shape index (κ2) is 5.07. The molecule has 5 atom stereocenters. The summed E-state index contributed by atoms with van der Waals surface area (Å²) in [5.74, 6) is -1.44. The summed E-state index contributed by atoms with van der Waals surface area (Å²) in [6.45, 7) is 6.96.